The molecule has 122 valence electrons. The lowest BCUT2D eigenvalue weighted by atomic mass is 10.1. The molecule has 4 nitrogen and oxygen atoms in total. The van der Waals surface area contributed by atoms with Gasteiger partial charge in [0.15, 0.2) is 0 Å². The van der Waals surface area contributed by atoms with Crippen molar-refractivity contribution in [3.05, 3.63) is 29.8 Å². The number of hydrogen-bond acceptors (Lipinski definition) is 3. The number of halogens is 2. The molecule has 1 amide bonds. The highest BCUT2D eigenvalue weighted by molar-refractivity contribution is 6.53. The van der Waals surface area contributed by atoms with Crippen molar-refractivity contribution in [3.8, 4) is 5.75 Å². The van der Waals surface area contributed by atoms with Gasteiger partial charge >= 0.3 is 0 Å². The molecule has 1 saturated carbocycles. The Morgan fingerprint density at radius 3 is 2.64 bits per heavy atom. The fraction of sp³-hybridized carbons (Fsp3) is 0.562. The lowest BCUT2D eigenvalue weighted by Crippen LogP contribution is -2.36. The molecular formula is C16H21Cl2NO3. The lowest BCUT2D eigenvalue weighted by molar-refractivity contribution is -0.126. The van der Waals surface area contributed by atoms with Crippen molar-refractivity contribution in [2.45, 2.75) is 43.7 Å². The topological polar surface area (TPSA) is 58.6 Å². The zero-order valence-electron chi connectivity index (χ0n) is 12.9. The average molecular weight is 346 g/mol. The average Bonchev–Trinajstić information content (AvgIpc) is 2.95. The van der Waals surface area contributed by atoms with Crippen LogP contribution in [0.3, 0.4) is 0 Å². The van der Waals surface area contributed by atoms with Crippen LogP contribution in [0, 0.1) is 5.41 Å². The molecule has 6 heteroatoms. The van der Waals surface area contributed by atoms with Gasteiger partial charge in [-0.2, -0.15) is 0 Å². The summed E-state index contributed by atoms with van der Waals surface area (Å²) in [5, 5.41) is 12.9. The number of hydrogen-bond donors (Lipinski definition) is 2. The SMILES string of the molecule is CC(C)Oc1cccc([C@H](O)CNC(=O)[C@]2(C)CC2(Cl)Cl)c1. The number of rotatable bonds is 6. The summed E-state index contributed by atoms with van der Waals surface area (Å²) >= 11 is 11.9. The maximum Gasteiger partial charge on any atom is 0.229 e. The Labute approximate surface area is 140 Å². The molecule has 1 fully saturated rings. The fourth-order valence-corrected chi connectivity index (χ4v) is 2.92. The second-order valence-corrected chi connectivity index (χ2v) is 7.66. The van der Waals surface area contributed by atoms with Crippen LogP contribution < -0.4 is 10.1 Å². The number of carbonyl (C=O) groups excluding carboxylic acids is 1. The van der Waals surface area contributed by atoms with Gasteiger partial charge in [-0.1, -0.05) is 12.1 Å². The van der Waals surface area contributed by atoms with Crippen LogP contribution in [0.15, 0.2) is 24.3 Å². The number of carbonyl (C=O) groups is 1. The number of amides is 1. The Hall–Kier alpha value is -0.970. The van der Waals surface area contributed by atoms with Crippen LogP contribution in [0.2, 0.25) is 0 Å². The summed E-state index contributed by atoms with van der Waals surface area (Å²) in [5.41, 5.74) is -0.0965. The van der Waals surface area contributed by atoms with Gasteiger partial charge in [-0.25, -0.2) is 0 Å². The van der Waals surface area contributed by atoms with Gasteiger partial charge in [0.05, 0.1) is 17.6 Å². The number of aliphatic hydroxyl groups excluding tert-OH is 1. The first-order valence-electron chi connectivity index (χ1n) is 7.26. The van der Waals surface area contributed by atoms with Crippen molar-refractivity contribution in [3.63, 3.8) is 0 Å². The van der Waals surface area contributed by atoms with E-state index in [2.05, 4.69) is 5.32 Å². The van der Waals surface area contributed by atoms with Gasteiger partial charge in [0.25, 0.3) is 0 Å². The Morgan fingerprint density at radius 1 is 1.45 bits per heavy atom. The predicted octanol–water partition coefficient (Wildman–Crippen LogP) is 3.21. The minimum Gasteiger partial charge on any atom is -0.491 e. The zero-order chi connectivity index (χ0) is 16.5. The number of aliphatic hydroxyl groups is 1. The second-order valence-electron chi connectivity index (χ2n) is 6.18. The van der Waals surface area contributed by atoms with Crippen molar-refractivity contribution >= 4 is 29.1 Å². The van der Waals surface area contributed by atoms with E-state index < -0.39 is 15.9 Å². The largest absolute Gasteiger partial charge is 0.491 e. The summed E-state index contributed by atoms with van der Waals surface area (Å²) in [6.07, 6.45) is -0.340. The Kier molecular flexibility index (Phi) is 4.95. The quantitative estimate of drug-likeness (QED) is 0.778. The third kappa shape index (κ3) is 3.67. The van der Waals surface area contributed by atoms with Gasteiger partial charge in [-0.05, 0) is 44.9 Å². The summed E-state index contributed by atoms with van der Waals surface area (Å²) in [6.45, 7) is 5.68. The van der Waals surface area contributed by atoms with Gasteiger partial charge in [0.2, 0.25) is 5.91 Å². The summed E-state index contributed by atoms with van der Waals surface area (Å²) < 4.78 is 4.58. The van der Waals surface area contributed by atoms with E-state index in [-0.39, 0.29) is 18.6 Å². The second kappa shape index (κ2) is 6.26. The number of ether oxygens (including phenoxy) is 1. The van der Waals surface area contributed by atoms with E-state index in [0.29, 0.717) is 17.7 Å². The Bertz CT molecular complexity index is 562. The van der Waals surface area contributed by atoms with E-state index in [9.17, 15) is 9.90 Å². The predicted molar refractivity (Wildman–Crippen MR) is 87.3 cm³/mol. The molecule has 0 aromatic heterocycles. The number of nitrogens with one attached hydrogen (secondary N) is 1. The monoisotopic (exact) mass is 345 g/mol. The smallest absolute Gasteiger partial charge is 0.229 e. The third-order valence-corrected chi connectivity index (χ3v) is 4.93. The molecule has 0 heterocycles. The molecule has 2 atom stereocenters. The molecule has 0 radical (unpaired) electrons. The molecule has 0 saturated heterocycles. The van der Waals surface area contributed by atoms with E-state index in [1.54, 1.807) is 19.1 Å². The van der Waals surface area contributed by atoms with Crippen LogP contribution >= 0.6 is 23.2 Å². The minimum absolute atomic E-state index is 0.0578. The molecule has 2 N–H and O–H groups in total. The normalized spacial score (nSPS) is 24.0. The molecular weight excluding hydrogens is 325 g/mol. The van der Waals surface area contributed by atoms with E-state index >= 15 is 0 Å². The van der Waals surface area contributed by atoms with E-state index in [1.165, 1.54) is 0 Å². The fourth-order valence-electron chi connectivity index (χ4n) is 2.22. The molecule has 22 heavy (non-hydrogen) atoms. The highest BCUT2D eigenvalue weighted by atomic mass is 35.5. The van der Waals surface area contributed by atoms with Gasteiger partial charge < -0.3 is 15.2 Å². The van der Waals surface area contributed by atoms with Gasteiger partial charge in [0, 0.05) is 6.54 Å². The molecule has 1 aliphatic carbocycles. The van der Waals surface area contributed by atoms with Crippen LogP contribution in [-0.4, -0.2) is 28.0 Å². The molecule has 2 rings (SSSR count). The van der Waals surface area contributed by atoms with E-state index in [0.717, 1.165) is 0 Å². The van der Waals surface area contributed by atoms with Gasteiger partial charge in [0.1, 0.15) is 10.1 Å². The summed E-state index contributed by atoms with van der Waals surface area (Å²) in [4.78, 5) is 12.1. The molecule has 1 aromatic rings. The molecule has 0 bridgehead atoms. The third-order valence-electron chi connectivity index (χ3n) is 3.83. The van der Waals surface area contributed by atoms with Crippen molar-refractivity contribution in [2.75, 3.05) is 6.54 Å². The summed E-state index contributed by atoms with van der Waals surface area (Å²) in [5.74, 6) is 0.443. The Morgan fingerprint density at radius 2 is 2.09 bits per heavy atom. The summed E-state index contributed by atoms with van der Waals surface area (Å²) in [7, 11) is 0. The molecule has 0 spiro atoms. The van der Waals surface area contributed by atoms with Crippen molar-refractivity contribution in [1.82, 2.24) is 5.32 Å². The lowest BCUT2D eigenvalue weighted by Gasteiger charge is -2.17. The summed E-state index contributed by atoms with van der Waals surface area (Å²) in [6, 6.07) is 7.19. The van der Waals surface area contributed by atoms with Crippen LogP contribution in [0.5, 0.6) is 5.75 Å². The van der Waals surface area contributed by atoms with E-state index in [1.807, 2.05) is 26.0 Å². The number of benzene rings is 1. The maximum atomic E-state index is 12.1. The van der Waals surface area contributed by atoms with Crippen LogP contribution in [-0.2, 0) is 4.79 Å². The first kappa shape index (κ1) is 17.4. The first-order valence-corrected chi connectivity index (χ1v) is 8.02. The van der Waals surface area contributed by atoms with Crippen LogP contribution in [0.25, 0.3) is 0 Å². The van der Waals surface area contributed by atoms with Crippen LogP contribution in [0.4, 0.5) is 0 Å². The molecule has 1 aromatic carbocycles. The number of alkyl halides is 2. The van der Waals surface area contributed by atoms with Crippen LogP contribution in [0.1, 0.15) is 38.9 Å². The first-order chi connectivity index (χ1) is 10.2. The van der Waals surface area contributed by atoms with Crippen molar-refractivity contribution in [1.29, 1.82) is 0 Å². The molecule has 0 aliphatic heterocycles. The zero-order valence-corrected chi connectivity index (χ0v) is 14.4. The standard InChI is InChI=1S/C16H21Cl2NO3/c1-10(2)22-12-6-4-5-11(7-12)13(20)8-19-14(21)15(3)9-16(15,17)18/h4-7,10,13,20H,8-9H2,1-3H3,(H,19,21)/t13-,15+/m1/s1. The van der Waals surface area contributed by atoms with E-state index in [4.69, 9.17) is 27.9 Å². The minimum atomic E-state index is -1.01. The van der Waals surface area contributed by atoms with Gasteiger partial charge in [-0.15, -0.1) is 23.2 Å². The Balaban J connectivity index is 1.93. The highest BCUT2D eigenvalue weighted by Crippen LogP contribution is 2.63. The molecule has 0 unspecified atom stereocenters. The van der Waals surface area contributed by atoms with Crippen molar-refractivity contribution < 1.29 is 14.6 Å². The van der Waals surface area contributed by atoms with Crippen molar-refractivity contribution in [2.24, 2.45) is 5.41 Å². The van der Waals surface area contributed by atoms with Gasteiger partial charge in [-0.3, -0.25) is 4.79 Å². The molecule has 1 aliphatic rings. The highest BCUT2D eigenvalue weighted by Gasteiger charge is 2.67. The maximum absolute atomic E-state index is 12.1.